The Morgan fingerprint density at radius 1 is 0.430 bits per heavy atom. The van der Waals surface area contributed by atoms with Crippen LogP contribution in [0.4, 0.5) is 9.59 Å². The molecule has 13 aliphatic rings. The van der Waals surface area contributed by atoms with Crippen molar-refractivity contribution in [3.05, 3.63) is 59.9 Å². The van der Waals surface area contributed by atoms with E-state index in [2.05, 4.69) is 51.3 Å². The summed E-state index contributed by atoms with van der Waals surface area (Å²) in [7, 11) is 9.66. The number of nitrogens with two attached hydrogens (primary N) is 1. The van der Waals surface area contributed by atoms with Crippen LogP contribution in [-0.4, -0.2) is 290 Å². The molecular formula is C106H154Cl2N12O29. The van der Waals surface area contributed by atoms with Crippen LogP contribution in [0.15, 0.2) is 48.5 Å². The summed E-state index contributed by atoms with van der Waals surface area (Å²) >= 11 is 0. The molecule has 2 aromatic carbocycles. The van der Waals surface area contributed by atoms with Gasteiger partial charge in [0.15, 0.2) is 0 Å². The number of H-pyrrole nitrogens is 2. The summed E-state index contributed by atoms with van der Waals surface area (Å²) in [6.45, 7) is 16.2. The van der Waals surface area contributed by atoms with Crippen molar-refractivity contribution < 1.29 is 139 Å². The Morgan fingerprint density at radius 2 is 0.792 bits per heavy atom. The maximum atomic E-state index is 13.7. The number of nitrogens with zero attached hydrogens (tertiary/aromatic N) is 3. The molecule has 41 nitrogen and oxygen atoms in total. The second kappa shape index (κ2) is 53.3. The van der Waals surface area contributed by atoms with Crippen LogP contribution in [0, 0.1) is 57.2 Å². The van der Waals surface area contributed by atoms with Crippen molar-refractivity contribution in [3.8, 4) is 11.5 Å². The van der Waals surface area contributed by atoms with Crippen molar-refractivity contribution in [2.45, 2.75) is 313 Å². The van der Waals surface area contributed by atoms with Gasteiger partial charge in [-0.15, -0.1) is 24.8 Å². The normalized spacial score (nSPS) is 23.9. The van der Waals surface area contributed by atoms with Gasteiger partial charge in [-0.3, -0.25) is 62.5 Å². The fourth-order valence-electron chi connectivity index (χ4n) is 21.4. The largest absolute Gasteiger partial charge is 0.496 e. The number of aliphatic carboxylic acids is 1. The lowest BCUT2D eigenvalue weighted by Crippen LogP contribution is -2.57. The van der Waals surface area contributed by atoms with Crippen molar-refractivity contribution in [2.24, 2.45) is 62.9 Å². The number of amides is 8. The maximum absolute atomic E-state index is 13.7. The van der Waals surface area contributed by atoms with Crippen LogP contribution in [0.5, 0.6) is 11.5 Å². The number of esters is 5. The van der Waals surface area contributed by atoms with Gasteiger partial charge in [-0.05, 0) is 292 Å². The first-order chi connectivity index (χ1) is 69.6. The van der Waals surface area contributed by atoms with E-state index in [0.29, 0.717) is 113 Å². The van der Waals surface area contributed by atoms with Gasteiger partial charge in [0.05, 0.1) is 61.7 Å². The molecule has 14 atom stereocenters. The maximum Gasteiger partial charge on any atom is 0.411 e. The van der Waals surface area contributed by atoms with Crippen LogP contribution >= 0.6 is 24.8 Å². The summed E-state index contributed by atoms with van der Waals surface area (Å²) in [5, 5.41) is 36.7. The number of likely N-dealkylation sites (tertiary alicyclic amines) is 3. The molecule has 17 rings (SSSR count). The zero-order valence-corrected chi connectivity index (χ0v) is 89.9. The van der Waals surface area contributed by atoms with Gasteiger partial charge in [0.1, 0.15) is 93.7 Å². The number of hydrogen-bond donors (Lipinski definition) is 11. The second-order valence-electron chi connectivity index (χ2n) is 43.8. The molecule has 8 amide bonds. The smallest absolute Gasteiger partial charge is 0.411 e. The fraction of sp³-hybridized carbons (Fsp3) is 0.679. The van der Waals surface area contributed by atoms with E-state index in [0.717, 1.165) is 150 Å². The number of rotatable bonds is 26. The highest BCUT2D eigenvalue weighted by molar-refractivity contribution is 6.03. The number of ketones is 3. The van der Waals surface area contributed by atoms with Gasteiger partial charge in [0.2, 0.25) is 29.5 Å². The first-order valence-corrected chi connectivity index (χ1v) is 51.7. The number of nitrogens with one attached hydrogen (secondary N) is 8. The number of aromatic nitrogens is 2. The summed E-state index contributed by atoms with van der Waals surface area (Å²) in [6.07, 6.45) is 23.7. The van der Waals surface area contributed by atoms with Crippen molar-refractivity contribution in [1.29, 1.82) is 0 Å². The number of Topliss-reactive ketones (excluding diaryl/α,β-unsaturated/α-hetero) is 3. The van der Waals surface area contributed by atoms with Crippen LogP contribution in [0.2, 0.25) is 0 Å². The van der Waals surface area contributed by atoms with E-state index >= 15 is 0 Å². The van der Waals surface area contributed by atoms with Crippen molar-refractivity contribution in [3.63, 3.8) is 0 Å². The Labute approximate surface area is 881 Å². The Bertz CT molecular complexity index is 5390. The van der Waals surface area contributed by atoms with Gasteiger partial charge in [-0.2, -0.15) is 0 Å². The molecule has 4 aromatic rings. The van der Waals surface area contributed by atoms with E-state index in [-0.39, 0.29) is 160 Å². The molecule has 7 saturated carbocycles. The van der Waals surface area contributed by atoms with Crippen molar-refractivity contribution in [2.75, 3.05) is 89.0 Å². The number of benzene rings is 2. The summed E-state index contributed by atoms with van der Waals surface area (Å²) in [4.78, 5) is 227. The van der Waals surface area contributed by atoms with E-state index in [4.69, 9.17) is 44.0 Å². The number of aromatic carboxylic acids is 1. The molecule has 8 heterocycles. The number of aromatic amines is 2. The van der Waals surface area contributed by atoms with Crippen LogP contribution in [0.25, 0.3) is 21.8 Å². The lowest BCUT2D eigenvalue weighted by Gasteiger charge is -2.39. The monoisotopic (exact) mass is 2130 g/mol. The molecule has 6 saturated heterocycles. The molecule has 6 aliphatic heterocycles. The van der Waals surface area contributed by atoms with Crippen LogP contribution in [0.1, 0.15) is 275 Å². The lowest BCUT2D eigenvalue weighted by atomic mass is 9.87. The zero-order valence-electron chi connectivity index (χ0n) is 88.2. The highest BCUT2D eigenvalue weighted by Gasteiger charge is 2.56. The minimum Gasteiger partial charge on any atom is -0.496 e. The number of hydrogen-bond acceptors (Lipinski definition) is 29. The van der Waals surface area contributed by atoms with Gasteiger partial charge >= 0.3 is 54.0 Å². The number of methoxy groups -OCH3 is 7. The topological polar surface area (TPSA) is 570 Å². The molecule has 826 valence electrons. The minimum absolute atomic E-state index is 0. The van der Waals surface area contributed by atoms with E-state index < -0.39 is 101 Å². The average Bonchev–Trinajstić information content (AvgIpc) is 1.61. The average molecular weight is 2130 g/mol. The third-order valence-corrected chi connectivity index (χ3v) is 30.9. The molecule has 149 heavy (non-hydrogen) atoms. The number of carbonyl (C=O) groups is 18. The molecule has 12 N–H and O–H groups in total. The lowest BCUT2D eigenvalue weighted by molar-refractivity contribution is -0.147. The second-order valence-corrected chi connectivity index (χ2v) is 43.8. The van der Waals surface area contributed by atoms with Gasteiger partial charge in [-0.1, -0.05) is 19.1 Å². The SMILES string of the molecule is CC(C)(C)OC(=O)N1CCC2(CC2)C[C@H]1C(=O)O.COC(=O)[C@@H](C)C[C@@H]1CCNC1=O.COC(=O)[C@@H](N)C[C@@H]1CCNC1=O.COC(=O)[C@H](C[C@@H]1CCCC1=O)NC(=O)[C@@H]1CC2(CCN1)CC2.COC(=O)[C@H](C[C@@H]1CCCC1=O)NC(=O)[C@@H]1CC2(CCN1C(=O)OC(C)(C)C)CC2.COC(=O)[C@H](C[C@@H]1CCCC1=O)NC(=O)[C@@H]1CC2(CCN1C(=O)c1cc3c(OC)cccc3[nH]1)CC2.COc1cccc2[nH]c(C(=O)O)cc12.Cl.Cl. The first-order valence-electron chi connectivity index (χ1n) is 51.7. The highest BCUT2D eigenvalue weighted by Crippen LogP contribution is 2.58. The number of carbonyl (C=O) groups excluding carboxylic acids is 16. The number of carboxylic acid groups (broad SMARTS) is 2. The Hall–Kier alpha value is -11.7. The standard InChI is InChI=1S/C27H33N3O6.C22H34N2O6.C17H26N2O4.C13H21NO4.C10H9NO3.C9H15NO3.C8H14N2O3.2ClH/c1-35-23-8-4-6-18-17(23)14-19(28-18)25(33)30-12-11-27(9-10-27)15-21(30)24(32)29-20(26(34)36-2)13-16-5-3-7-22(16)31;1-21(2,3)30-20(28)24-11-10-22(8-9-22)13-16(24)18(26)23-15(19(27)29-4)12-14-6-5-7-17(14)25;1-23-16(22)12(9-11-3-2-4-14(11)20)19-15(21)13-10-17(5-6-17)7-8-18-13;1-12(2,3)18-11(17)14-7-6-13(4-5-13)8-9(14)10(15)16;1-14-9-4-2-3-7-6(9)5-8(11-7)10(12)13;1-6(9(12)13-2)5-7-3-4-10-8(7)11;1-13-8(12)6(9)4-5-2-3-10-7(5)11;;/h4,6,8,14,16,20-21,28H,3,5,7,9-13,15H2,1-2H3,(H,29,32);14-16H,5-13H2,1-4H3,(H,23,26);11-13,18H,2-10H2,1H3,(H,19,21);9H,4-8H2,1-3H3,(H,15,16);2-5,11H,1H3,(H,12,13);6-7H,3-5H2,1-2H3,(H,10,11);5-6H,2-4,9H2,1H3,(H,10,11);2*1H/t16-,20-,21-;14-,15-,16-;11-,12-,13-;9-;;6-,7-;5-,6-;;/m0000.00../s1. The quantitative estimate of drug-likeness (QED) is 0.0205. The number of piperidine rings is 4. The van der Waals surface area contributed by atoms with Gasteiger partial charge in [-0.25, -0.2) is 33.6 Å². The molecule has 13 fully saturated rings. The van der Waals surface area contributed by atoms with Crippen LogP contribution in [0.3, 0.4) is 0 Å². The summed E-state index contributed by atoms with van der Waals surface area (Å²) in [5.74, 6) is -4.45. The van der Waals surface area contributed by atoms with E-state index in [1.165, 1.54) is 58.2 Å². The third-order valence-electron chi connectivity index (χ3n) is 30.9. The van der Waals surface area contributed by atoms with Crippen LogP contribution in [-0.2, 0) is 100 Å². The van der Waals surface area contributed by atoms with Crippen LogP contribution < -0.4 is 47.1 Å². The summed E-state index contributed by atoms with van der Waals surface area (Å²) in [6, 6.07) is 8.72. The number of fused-ring (bicyclic) bond motifs is 2. The molecule has 0 radical (unpaired) electrons. The van der Waals surface area contributed by atoms with Crippen molar-refractivity contribution in [1.82, 2.24) is 56.6 Å². The molecule has 0 unspecified atom stereocenters. The predicted molar refractivity (Wildman–Crippen MR) is 548 cm³/mol. The van der Waals surface area contributed by atoms with E-state index in [1.807, 2.05) is 30.3 Å². The van der Waals surface area contributed by atoms with Crippen molar-refractivity contribution >= 4 is 153 Å². The first kappa shape index (κ1) is 121. The molecular weight excluding hydrogens is 1980 g/mol. The Balaban J connectivity index is 0.000000199. The molecule has 4 spiro atoms. The molecule has 7 aliphatic carbocycles. The fourth-order valence-corrected chi connectivity index (χ4v) is 21.4. The highest BCUT2D eigenvalue weighted by atomic mass is 35.5. The summed E-state index contributed by atoms with van der Waals surface area (Å²) in [5.41, 5.74) is 7.12. The predicted octanol–water partition coefficient (Wildman–Crippen LogP) is 10.8. The Kier molecular flexibility index (Phi) is 43.2. The Morgan fingerprint density at radius 3 is 1.15 bits per heavy atom. The van der Waals surface area contributed by atoms with Gasteiger partial charge in [0.25, 0.3) is 5.91 Å². The zero-order chi connectivity index (χ0) is 107. The summed E-state index contributed by atoms with van der Waals surface area (Å²) < 4.78 is 45.0. The van der Waals surface area contributed by atoms with Gasteiger partial charge < -0.3 is 105 Å². The van der Waals surface area contributed by atoms with Gasteiger partial charge in [0, 0.05) is 103 Å². The molecule has 43 heteroatoms. The van der Waals surface area contributed by atoms with E-state index in [1.54, 1.807) is 85.8 Å². The minimum atomic E-state index is -0.969. The molecule has 0 bridgehead atoms. The number of carboxylic acids is 2. The van der Waals surface area contributed by atoms with E-state index in [9.17, 15) is 91.4 Å². The molecule has 2 aromatic heterocycles. The number of halogens is 2. The number of ether oxygens (including phenoxy) is 9. The third kappa shape index (κ3) is 33.4.